The molecule has 0 aliphatic rings. The molecule has 0 aliphatic carbocycles. The Morgan fingerprint density at radius 2 is 0.905 bits per heavy atom. The third-order valence-electron chi connectivity index (χ3n) is 7.14. The van der Waals surface area contributed by atoms with Crippen molar-refractivity contribution in [3.8, 4) is 11.1 Å². The first-order chi connectivity index (χ1) is 19.4. The molecule has 2 amide bonds. The Kier molecular flexibility index (Phi) is 8.25. The van der Waals surface area contributed by atoms with Gasteiger partial charge in [-0.3, -0.25) is 19.6 Å². The number of benzene rings is 2. The molecule has 4 aromatic rings. The molecule has 222 valence electrons. The minimum Gasteiger partial charge on any atom is -0.347 e. The van der Waals surface area contributed by atoms with Gasteiger partial charge in [-0.25, -0.2) is 0 Å². The molecule has 0 fully saturated rings. The van der Waals surface area contributed by atoms with Gasteiger partial charge in [-0.05, 0) is 63.5 Å². The van der Waals surface area contributed by atoms with Crippen LogP contribution < -0.4 is 10.6 Å². The van der Waals surface area contributed by atoms with Gasteiger partial charge in [-0.1, -0.05) is 77.9 Å². The fourth-order valence-corrected chi connectivity index (χ4v) is 6.66. The van der Waals surface area contributed by atoms with Crippen molar-refractivity contribution >= 4 is 33.6 Å². The summed E-state index contributed by atoms with van der Waals surface area (Å²) in [5.74, 6) is -0.407. The first-order valence-corrected chi connectivity index (χ1v) is 14.8. The van der Waals surface area contributed by atoms with Crippen molar-refractivity contribution in [3.63, 3.8) is 0 Å². The molecule has 2 N–H and O–H groups in total. The zero-order chi connectivity index (χ0) is 31.1. The maximum Gasteiger partial charge on any atom is 0.253 e. The van der Waals surface area contributed by atoms with Gasteiger partial charge in [0.05, 0.1) is 22.2 Å². The second-order valence-electron chi connectivity index (χ2n) is 15.3. The Hall–Kier alpha value is -3.80. The van der Waals surface area contributed by atoms with Gasteiger partial charge >= 0.3 is 0 Å². The molecule has 0 saturated heterocycles. The molecular formula is C36H46N4O2. The number of aromatic nitrogens is 2. The van der Waals surface area contributed by atoms with E-state index >= 15 is 0 Å². The van der Waals surface area contributed by atoms with Crippen LogP contribution in [0.15, 0.2) is 60.9 Å². The highest BCUT2D eigenvalue weighted by atomic mass is 16.2. The van der Waals surface area contributed by atoms with E-state index in [0.29, 0.717) is 33.3 Å². The molecule has 0 saturated carbocycles. The molecule has 0 spiro atoms. The highest BCUT2D eigenvalue weighted by Gasteiger charge is 2.32. The second-order valence-corrected chi connectivity index (χ2v) is 15.3. The predicted octanol–water partition coefficient (Wildman–Crippen LogP) is 8.34. The standard InChI is InChI=1S/C36H46N4O2/c1-33(2,3)21-35(7,8)39-31(41)29-23-15-11-13-17-27(23)37-19-25(29)26-20-38-28-18-14-12-16-24(28)30(26)32(42)40-36(9,10)22-34(4,5)6/h11-20H,21-22H2,1-10H3,(H,39,41)(H,40,42). The zero-order valence-corrected chi connectivity index (χ0v) is 26.9. The van der Waals surface area contributed by atoms with E-state index < -0.39 is 11.1 Å². The van der Waals surface area contributed by atoms with Crippen molar-refractivity contribution in [1.29, 1.82) is 0 Å². The predicted molar refractivity (Wildman–Crippen MR) is 174 cm³/mol. The molecule has 0 atom stereocenters. The molecule has 2 aromatic carbocycles. The number of nitrogens with one attached hydrogen (secondary N) is 2. The summed E-state index contributed by atoms with van der Waals surface area (Å²) in [6, 6.07) is 15.3. The van der Waals surface area contributed by atoms with Gasteiger partial charge in [0.1, 0.15) is 0 Å². The number of amides is 2. The van der Waals surface area contributed by atoms with Crippen molar-refractivity contribution in [3.05, 3.63) is 72.1 Å². The van der Waals surface area contributed by atoms with Crippen molar-refractivity contribution in [2.24, 2.45) is 10.8 Å². The highest BCUT2D eigenvalue weighted by molar-refractivity contribution is 6.16. The Bertz CT molecular complexity index is 1520. The lowest BCUT2D eigenvalue weighted by Crippen LogP contribution is -2.46. The first kappa shape index (κ1) is 31.1. The van der Waals surface area contributed by atoms with Crippen LogP contribution in [-0.4, -0.2) is 32.9 Å². The number of rotatable bonds is 7. The molecule has 4 rings (SSSR count). The quantitative estimate of drug-likeness (QED) is 0.235. The number of carbonyl (C=O) groups is 2. The average molecular weight is 567 g/mol. The summed E-state index contributed by atoms with van der Waals surface area (Å²) in [5.41, 5.74) is 2.68. The van der Waals surface area contributed by atoms with Crippen LogP contribution in [-0.2, 0) is 0 Å². The Balaban J connectivity index is 1.94. The molecule has 0 bridgehead atoms. The van der Waals surface area contributed by atoms with Crippen LogP contribution in [0, 0.1) is 10.8 Å². The third-order valence-corrected chi connectivity index (χ3v) is 7.14. The minimum atomic E-state index is -0.463. The van der Waals surface area contributed by atoms with Crippen molar-refractivity contribution in [2.75, 3.05) is 0 Å². The second kappa shape index (κ2) is 11.1. The molecule has 0 aliphatic heterocycles. The SMILES string of the molecule is CC(C)(C)CC(C)(C)NC(=O)c1c(-c2cnc3ccccc3c2C(=O)NC(C)(C)CC(C)(C)C)cnc2ccccc12. The van der Waals surface area contributed by atoms with Crippen LogP contribution in [0.2, 0.25) is 0 Å². The molecule has 6 nitrogen and oxygen atoms in total. The minimum absolute atomic E-state index is 0.0211. The number of para-hydroxylation sites is 2. The number of hydrogen-bond donors (Lipinski definition) is 2. The van der Waals surface area contributed by atoms with E-state index in [1.165, 1.54) is 0 Å². The van der Waals surface area contributed by atoms with Crippen molar-refractivity contribution in [1.82, 2.24) is 20.6 Å². The van der Waals surface area contributed by atoms with Crippen LogP contribution in [0.3, 0.4) is 0 Å². The summed E-state index contributed by atoms with van der Waals surface area (Å²) in [7, 11) is 0. The number of pyridine rings is 2. The van der Waals surface area contributed by atoms with Crippen LogP contribution >= 0.6 is 0 Å². The van der Waals surface area contributed by atoms with Gasteiger partial charge < -0.3 is 10.6 Å². The smallest absolute Gasteiger partial charge is 0.253 e. The van der Waals surface area contributed by atoms with Gasteiger partial charge in [0, 0.05) is 45.4 Å². The van der Waals surface area contributed by atoms with Gasteiger partial charge in [0.2, 0.25) is 0 Å². The highest BCUT2D eigenvalue weighted by Crippen LogP contribution is 2.36. The van der Waals surface area contributed by atoms with Gasteiger partial charge in [0.25, 0.3) is 11.8 Å². The summed E-state index contributed by atoms with van der Waals surface area (Å²) < 4.78 is 0. The van der Waals surface area contributed by atoms with Crippen molar-refractivity contribution in [2.45, 2.75) is 93.2 Å². The molecule has 2 aromatic heterocycles. The van der Waals surface area contributed by atoms with Crippen molar-refractivity contribution < 1.29 is 9.59 Å². The number of nitrogens with zero attached hydrogens (tertiary/aromatic N) is 2. The summed E-state index contributed by atoms with van der Waals surface area (Å²) in [5, 5.41) is 8.04. The monoisotopic (exact) mass is 566 g/mol. The molecular weight excluding hydrogens is 520 g/mol. The summed E-state index contributed by atoms with van der Waals surface area (Å²) >= 11 is 0. The van der Waals surface area contributed by atoms with Gasteiger partial charge in [-0.15, -0.1) is 0 Å². The normalized spacial score (nSPS) is 12.9. The molecule has 42 heavy (non-hydrogen) atoms. The number of carbonyl (C=O) groups excluding carboxylic acids is 2. The topological polar surface area (TPSA) is 84.0 Å². The molecule has 2 heterocycles. The summed E-state index contributed by atoms with van der Waals surface area (Å²) in [6.07, 6.45) is 4.99. The zero-order valence-electron chi connectivity index (χ0n) is 26.9. The number of hydrogen-bond acceptors (Lipinski definition) is 4. The van der Waals surface area contributed by atoms with Crippen LogP contribution in [0.25, 0.3) is 32.9 Å². The van der Waals surface area contributed by atoms with Gasteiger partial charge in [-0.2, -0.15) is 0 Å². The maximum atomic E-state index is 14.2. The van der Waals surface area contributed by atoms with E-state index in [4.69, 9.17) is 9.97 Å². The lowest BCUT2D eigenvalue weighted by Gasteiger charge is -2.34. The summed E-state index contributed by atoms with van der Waals surface area (Å²) in [6.45, 7) is 21.2. The van der Waals surface area contributed by atoms with Crippen LogP contribution in [0.5, 0.6) is 0 Å². The van der Waals surface area contributed by atoms with E-state index in [9.17, 15) is 9.59 Å². The first-order valence-electron chi connectivity index (χ1n) is 14.8. The van der Waals surface area contributed by atoms with E-state index in [1.807, 2.05) is 76.2 Å². The van der Waals surface area contributed by atoms with Crippen LogP contribution in [0.4, 0.5) is 0 Å². The van der Waals surface area contributed by atoms with E-state index in [2.05, 4.69) is 52.2 Å². The molecule has 0 unspecified atom stereocenters. The van der Waals surface area contributed by atoms with E-state index in [-0.39, 0.29) is 22.6 Å². The van der Waals surface area contributed by atoms with Crippen LogP contribution in [0.1, 0.15) is 103 Å². The Morgan fingerprint density at radius 1 is 0.571 bits per heavy atom. The fourth-order valence-electron chi connectivity index (χ4n) is 6.66. The summed E-state index contributed by atoms with van der Waals surface area (Å²) in [4.78, 5) is 37.9. The van der Waals surface area contributed by atoms with Gasteiger partial charge in [0.15, 0.2) is 0 Å². The Morgan fingerprint density at radius 3 is 1.24 bits per heavy atom. The Labute approximate surface area is 250 Å². The molecule has 6 heteroatoms. The lowest BCUT2D eigenvalue weighted by molar-refractivity contribution is 0.0881. The lowest BCUT2D eigenvalue weighted by atomic mass is 9.81. The largest absolute Gasteiger partial charge is 0.347 e. The van der Waals surface area contributed by atoms with E-state index in [1.54, 1.807) is 12.4 Å². The maximum absolute atomic E-state index is 14.2. The average Bonchev–Trinajstić information content (AvgIpc) is 2.83. The number of fused-ring (bicyclic) bond motifs is 2. The third kappa shape index (κ3) is 7.33. The molecule has 0 radical (unpaired) electrons. The van der Waals surface area contributed by atoms with E-state index in [0.717, 1.165) is 23.6 Å². The fraction of sp³-hybridized carbons (Fsp3) is 0.444.